The van der Waals surface area contributed by atoms with Crippen LogP contribution in [0.3, 0.4) is 0 Å². The van der Waals surface area contributed by atoms with Crippen molar-refractivity contribution in [3.63, 3.8) is 0 Å². The zero-order valence-electron chi connectivity index (χ0n) is 12.8. The van der Waals surface area contributed by atoms with Crippen molar-refractivity contribution >= 4 is 34.2 Å². The fourth-order valence-electron chi connectivity index (χ4n) is 1.75. The van der Waals surface area contributed by atoms with Gasteiger partial charge in [-0.3, -0.25) is 15.2 Å². The summed E-state index contributed by atoms with van der Waals surface area (Å²) in [5, 5.41) is 8.01. The normalized spacial score (nSPS) is 15.9. The molecule has 0 fully saturated rings. The first kappa shape index (κ1) is 16.3. The number of carbonyl (C=O) groups excluding carboxylic acids is 1. The summed E-state index contributed by atoms with van der Waals surface area (Å²) in [6.07, 6.45) is 0.474. The number of hydrogen-bond acceptors (Lipinski definition) is 4. The van der Waals surface area contributed by atoms with Gasteiger partial charge in [0.1, 0.15) is 0 Å². The maximum atomic E-state index is 11.3. The zero-order chi connectivity index (χ0) is 15.9. The highest BCUT2D eigenvalue weighted by atomic mass is 32.2. The van der Waals surface area contributed by atoms with Crippen molar-refractivity contribution in [2.75, 3.05) is 17.6 Å². The Balaban J connectivity index is 1.99. The Hall–Kier alpha value is -2.08. The molecule has 0 aromatic heterocycles. The summed E-state index contributed by atoms with van der Waals surface area (Å²) in [7, 11) is 0. The Bertz CT molecular complexity index is 620. The van der Waals surface area contributed by atoms with Crippen LogP contribution < -0.4 is 10.7 Å². The number of thioether (sulfide) groups is 1. The Morgan fingerprint density at radius 2 is 2.18 bits per heavy atom. The van der Waals surface area contributed by atoms with Gasteiger partial charge in [0, 0.05) is 17.9 Å². The highest BCUT2D eigenvalue weighted by molar-refractivity contribution is 8.14. The Kier molecular flexibility index (Phi) is 5.77. The summed E-state index contributed by atoms with van der Waals surface area (Å²) in [6, 6.07) is 7.70. The number of hydrazone groups is 1. The van der Waals surface area contributed by atoms with Crippen LogP contribution >= 0.6 is 11.8 Å². The summed E-state index contributed by atoms with van der Waals surface area (Å²) >= 11 is 1.62. The molecule has 0 spiro atoms. The molecule has 5 nitrogen and oxygen atoms in total. The van der Waals surface area contributed by atoms with E-state index in [2.05, 4.69) is 27.4 Å². The highest BCUT2D eigenvalue weighted by Crippen LogP contribution is 2.16. The summed E-state index contributed by atoms with van der Waals surface area (Å²) in [5.41, 5.74) is 6.79. The van der Waals surface area contributed by atoms with E-state index in [1.807, 2.05) is 38.1 Å². The van der Waals surface area contributed by atoms with Gasteiger partial charge in [-0.05, 0) is 24.6 Å². The molecule has 22 heavy (non-hydrogen) atoms. The van der Waals surface area contributed by atoms with Gasteiger partial charge in [-0.2, -0.15) is 5.10 Å². The van der Waals surface area contributed by atoms with Crippen LogP contribution in [0, 0.1) is 0 Å². The van der Waals surface area contributed by atoms with Gasteiger partial charge in [-0.25, -0.2) is 0 Å². The zero-order valence-corrected chi connectivity index (χ0v) is 13.7. The second kappa shape index (κ2) is 7.79. The lowest BCUT2D eigenvalue weighted by molar-refractivity contribution is -0.115. The highest BCUT2D eigenvalue weighted by Gasteiger charge is 2.12. The van der Waals surface area contributed by atoms with Crippen molar-refractivity contribution in [1.82, 2.24) is 5.43 Å². The van der Waals surface area contributed by atoms with Gasteiger partial charge in [-0.15, -0.1) is 0 Å². The van der Waals surface area contributed by atoms with E-state index in [0.29, 0.717) is 13.0 Å². The predicted molar refractivity (Wildman–Crippen MR) is 94.6 cm³/mol. The van der Waals surface area contributed by atoms with E-state index in [0.717, 1.165) is 33.5 Å². The third-order valence-electron chi connectivity index (χ3n) is 2.95. The molecule has 1 aromatic carbocycles. The molecule has 0 atom stereocenters. The second-order valence-electron chi connectivity index (χ2n) is 5.02. The van der Waals surface area contributed by atoms with Crippen molar-refractivity contribution in [2.24, 2.45) is 10.1 Å². The molecule has 2 rings (SSSR count). The molecule has 0 unspecified atom stereocenters. The predicted octanol–water partition coefficient (Wildman–Crippen LogP) is 3.01. The number of aliphatic imine (C=N–C) groups is 1. The van der Waals surface area contributed by atoms with Crippen LogP contribution in [-0.4, -0.2) is 29.1 Å². The van der Waals surface area contributed by atoms with Crippen molar-refractivity contribution in [1.29, 1.82) is 0 Å². The fraction of sp³-hybridized carbons (Fsp3) is 0.312. The minimum Gasteiger partial charge on any atom is -0.326 e. The van der Waals surface area contributed by atoms with Gasteiger partial charge in [0.2, 0.25) is 5.91 Å². The smallest absolute Gasteiger partial charge is 0.224 e. The lowest BCUT2D eigenvalue weighted by Gasteiger charge is -2.15. The Morgan fingerprint density at radius 1 is 1.45 bits per heavy atom. The maximum Gasteiger partial charge on any atom is 0.224 e. The van der Waals surface area contributed by atoms with Crippen LogP contribution in [0.5, 0.6) is 0 Å². The van der Waals surface area contributed by atoms with Crippen molar-refractivity contribution in [2.45, 2.75) is 20.3 Å². The molecule has 6 heteroatoms. The summed E-state index contributed by atoms with van der Waals surface area (Å²) in [5.74, 6) is 0.779. The topological polar surface area (TPSA) is 65.8 Å². The standard InChI is InChI=1S/C16H20N4OS/c1-4-15(21)18-13-7-5-12(6-8-13)14-10-22-16(20-19-14)17-9-11(2)3/h5-8H,2,4,9-10H2,1,3H3,(H,17,20)(H,18,21). The average Bonchev–Trinajstić information content (AvgIpc) is 2.54. The van der Waals surface area contributed by atoms with Crippen LogP contribution in [0.4, 0.5) is 5.69 Å². The number of nitrogens with one attached hydrogen (secondary N) is 2. The molecule has 0 aliphatic carbocycles. The van der Waals surface area contributed by atoms with Gasteiger partial charge in [0.15, 0.2) is 5.17 Å². The summed E-state index contributed by atoms with van der Waals surface area (Å²) < 4.78 is 0. The minimum absolute atomic E-state index is 0.0124. The Labute approximate surface area is 135 Å². The molecule has 0 saturated carbocycles. The van der Waals surface area contributed by atoms with Crippen LogP contribution in [0.1, 0.15) is 25.8 Å². The third-order valence-corrected chi connectivity index (χ3v) is 3.86. The monoisotopic (exact) mass is 316 g/mol. The molecule has 1 aliphatic rings. The second-order valence-corrected chi connectivity index (χ2v) is 5.98. The maximum absolute atomic E-state index is 11.3. The first-order valence-electron chi connectivity index (χ1n) is 7.13. The summed E-state index contributed by atoms with van der Waals surface area (Å²) in [6.45, 7) is 8.22. The van der Waals surface area contributed by atoms with Gasteiger partial charge >= 0.3 is 0 Å². The molecule has 0 saturated heterocycles. The van der Waals surface area contributed by atoms with E-state index < -0.39 is 0 Å². The Morgan fingerprint density at radius 3 is 2.73 bits per heavy atom. The number of nitrogens with zero attached hydrogens (tertiary/aromatic N) is 2. The fourth-order valence-corrected chi connectivity index (χ4v) is 2.52. The number of amides is 1. The molecule has 1 aromatic rings. The lowest BCUT2D eigenvalue weighted by atomic mass is 10.1. The molecule has 2 N–H and O–H groups in total. The van der Waals surface area contributed by atoms with E-state index in [1.165, 1.54) is 0 Å². The molecule has 1 heterocycles. The molecular weight excluding hydrogens is 296 g/mol. The lowest BCUT2D eigenvalue weighted by Crippen LogP contribution is -2.25. The minimum atomic E-state index is 0.0124. The molecule has 0 radical (unpaired) electrons. The first-order valence-corrected chi connectivity index (χ1v) is 8.11. The van der Waals surface area contributed by atoms with E-state index in [-0.39, 0.29) is 5.91 Å². The van der Waals surface area contributed by atoms with Crippen LogP contribution in [0.25, 0.3) is 0 Å². The quantitative estimate of drug-likeness (QED) is 0.821. The van der Waals surface area contributed by atoms with Crippen molar-refractivity contribution in [3.05, 3.63) is 42.0 Å². The molecular formula is C16H20N4OS. The van der Waals surface area contributed by atoms with Gasteiger partial charge in [0.25, 0.3) is 0 Å². The van der Waals surface area contributed by atoms with Crippen LogP contribution in [0.2, 0.25) is 0 Å². The molecule has 0 bridgehead atoms. The number of rotatable bonds is 5. The number of amidine groups is 1. The van der Waals surface area contributed by atoms with E-state index >= 15 is 0 Å². The molecule has 1 amide bonds. The number of carbonyl (C=O) groups is 1. The number of anilines is 1. The molecule has 116 valence electrons. The first-order chi connectivity index (χ1) is 10.6. The van der Waals surface area contributed by atoms with E-state index in [1.54, 1.807) is 11.8 Å². The van der Waals surface area contributed by atoms with Crippen molar-refractivity contribution < 1.29 is 4.79 Å². The van der Waals surface area contributed by atoms with Crippen LogP contribution in [0.15, 0.2) is 46.5 Å². The average molecular weight is 316 g/mol. The van der Waals surface area contributed by atoms with Gasteiger partial charge in [-0.1, -0.05) is 43.0 Å². The van der Waals surface area contributed by atoms with Crippen LogP contribution in [-0.2, 0) is 4.79 Å². The van der Waals surface area contributed by atoms with E-state index in [4.69, 9.17) is 0 Å². The SMILES string of the molecule is C=C(C)CN=C1NN=C(c2ccc(NC(=O)CC)cc2)CS1. The van der Waals surface area contributed by atoms with Gasteiger partial charge < -0.3 is 5.32 Å². The number of hydrogen-bond donors (Lipinski definition) is 2. The number of benzene rings is 1. The van der Waals surface area contributed by atoms with Crippen molar-refractivity contribution in [3.8, 4) is 0 Å². The van der Waals surface area contributed by atoms with E-state index in [9.17, 15) is 4.79 Å². The van der Waals surface area contributed by atoms with Gasteiger partial charge in [0.05, 0.1) is 12.3 Å². The third kappa shape index (κ3) is 4.73. The molecule has 1 aliphatic heterocycles. The largest absolute Gasteiger partial charge is 0.326 e. The summed E-state index contributed by atoms with van der Waals surface area (Å²) in [4.78, 5) is 15.7.